The average Bonchev–Trinajstić information content (AvgIpc) is 2.40. The third kappa shape index (κ3) is 6.32. The minimum Gasteiger partial charge on any atom is -0.504 e. The topological polar surface area (TPSA) is 29.5 Å². The predicted molar refractivity (Wildman–Crippen MR) is 80.7 cm³/mol. The molecular formula is C17H26O2. The van der Waals surface area contributed by atoms with E-state index in [4.69, 9.17) is 4.74 Å². The molecule has 2 heteroatoms. The van der Waals surface area contributed by atoms with Crippen molar-refractivity contribution >= 4 is 0 Å². The van der Waals surface area contributed by atoms with Crippen LogP contribution in [0.15, 0.2) is 35.9 Å². The smallest absolute Gasteiger partial charge is 0.160 e. The van der Waals surface area contributed by atoms with Gasteiger partial charge in [0.15, 0.2) is 11.5 Å². The Balaban J connectivity index is 2.20. The highest BCUT2D eigenvalue weighted by atomic mass is 16.5. The van der Waals surface area contributed by atoms with E-state index < -0.39 is 0 Å². The summed E-state index contributed by atoms with van der Waals surface area (Å²) < 4.78 is 5.59. The fraction of sp³-hybridized carbons (Fsp3) is 0.529. The van der Waals surface area contributed by atoms with Crippen molar-refractivity contribution in [1.29, 1.82) is 0 Å². The van der Waals surface area contributed by atoms with Gasteiger partial charge in [0.2, 0.25) is 0 Å². The monoisotopic (exact) mass is 262 g/mol. The molecule has 1 atom stereocenters. The van der Waals surface area contributed by atoms with Crippen LogP contribution < -0.4 is 4.74 Å². The summed E-state index contributed by atoms with van der Waals surface area (Å²) >= 11 is 0. The van der Waals surface area contributed by atoms with E-state index in [1.165, 1.54) is 12.0 Å². The van der Waals surface area contributed by atoms with E-state index in [0.717, 1.165) is 19.3 Å². The Bertz CT molecular complexity index is 396. The molecule has 0 amide bonds. The lowest BCUT2D eigenvalue weighted by Crippen LogP contribution is -2.04. The first-order valence-electron chi connectivity index (χ1n) is 7.20. The highest BCUT2D eigenvalue weighted by Crippen LogP contribution is 2.25. The van der Waals surface area contributed by atoms with Gasteiger partial charge in [0.1, 0.15) is 0 Å². The Hall–Kier alpha value is -1.44. The molecule has 0 aliphatic heterocycles. The molecule has 0 radical (unpaired) electrons. The van der Waals surface area contributed by atoms with E-state index in [9.17, 15) is 5.11 Å². The summed E-state index contributed by atoms with van der Waals surface area (Å²) in [6.07, 6.45) is 6.84. The highest BCUT2D eigenvalue weighted by Gasteiger charge is 2.04. The molecule has 2 nitrogen and oxygen atoms in total. The first-order chi connectivity index (χ1) is 9.13. The summed E-state index contributed by atoms with van der Waals surface area (Å²) in [6, 6.07) is 7.12. The van der Waals surface area contributed by atoms with Crippen LogP contribution in [-0.4, -0.2) is 11.7 Å². The average molecular weight is 262 g/mol. The Morgan fingerprint density at radius 3 is 2.74 bits per heavy atom. The molecule has 1 unspecified atom stereocenters. The maximum Gasteiger partial charge on any atom is 0.160 e. The zero-order chi connectivity index (χ0) is 14.1. The van der Waals surface area contributed by atoms with Gasteiger partial charge >= 0.3 is 0 Å². The van der Waals surface area contributed by atoms with Gasteiger partial charge in [0.25, 0.3) is 0 Å². The quantitative estimate of drug-likeness (QED) is 0.673. The molecule has 106 valence electrons. The van der Waals surface area contributed by atoms with Crippen molar-refractivity contribution in [2.45, 2.75) is 46.5 Å². The third-order valence-corrected chi connectivity index (χ3v) is 3.44. The first kappa shape index (κ1) is 15.6. The van der Waals surface area contributed by atoms with Crippen molar-refractivity contribution in [1.82, 2.24) is 0 Å². The van der Waals surface area contributed by atoms with E-state index >= 15 is 0 Å². The Morgan fingerprint density at radius 2 is 2.05 bits per heavy atom. The molecular weight excluding hydrogens is 236 g/mol. The van der Waals surface area contributed by atoms with Gasteiger partial charge in [0.05, 0.1) is 6.61 Å². The van der Waals surface area contributed by atoms with Gasteiger partial charge in [0, 0.05) is 0 Å². The fourth-order valence-corrected chi connectivity index (χ4v) is 1.85. The van der Waals surface area contributed by atoms with Gasteiger partial charge in [-0.1, -0.05) is 37.6 Å². The Labute approximate surface area is 117 Å². The lowest BCUT2D eigenvalue weighted by atomic mass is 10.0. The number of ether oxygens (including phenoxy) is 1. The molecule has 19 heavy (non-hydrogen) atoms. The standard InChI is InChI=1S/C17H26O2/c1-4-14(2)8-7-9-15(3)12-13-19-17-11-6-5-10-16(17)18/h5-6,8,10-11,15,18H,4,7,9,12-13H2,1-3H3. The van der Waals surface area contributed by atoms with Gasteiger partial charge in [-0.3, -0.25) is 0 Å². The molecule has 0 aromatic heterocycles. The molecule has 0 saturated heterocycles. The van der Waals surface area contributed by atoms with Gasteiger partial charge in [-0.15, -0.1) is 0 Å². The fourth-order valence-electron chi connectivity index (χ4n) is 1.85. The molecule has 0 aliphatic carbocycles. The van der Waals surface area contributed by atoms with Crippen LogP contribution in [0, 0.1) is 5.92 Å². The largest absolute Gasteiger partial charge is 0.504 e. The molecule has 1 rings (SSSR count). The number of allylic oxidation sites excluding steroid dienone is 2. The van der Waals surface area contributed by atoms with Crippen molar-refractivity contribution < 1.29 is 9.84 Å². The normalized spacial score (nSPS) is 13.3. The van der Waals surface area contributed by atoms with E-state index in [-0.39, 0.29) is 5.75 Å². The predicted octanol–water partition coefficient (Wildman–Crippen LogP) is 4.93. The lowest BCUT2D eigenvalue weighted by molar-refractivity contribution is 0.268. The number of hydrogen-bond acceptors (Lipinski definition) is 2. The van der Waals surface area contributed by atoms with Crippen molar-refractivity contribution in [2.75, 3.05) is 6.61 Å². The molecule has 0 aliphatic rings. The zero-order valence-electron chi connectivity index (χ0n) is 12.4. The van der Waals surface area contributed by atoms with Crippen LogP contribution in [0.2, 0.25) is 0 Å². The molecule has 1 aromatic carbocycles. The number of aromatic hydroxyl groups is 1. The molecule has 0 spiro atoms. The summed E-state index contributed by atoms with van der Waals surface area (Å²) in [6.45, 7) is 7.29. The van der Waals surface area contributed by atoms with Crippen molar-refractivity contribution in [3.8, 4) is 11.5 Å². The molecule has 0 bridgehead atoms. The van der Waals surface area contributed by atoms with Crippen LogP contribution in [0.5, 0.6) is 11.5 Å². The van der Waals surface area contributed by atoms with Crippen molar-refractivity contribution in [3.63, 3.8) is 0 Å². The SMILES string of the molecule is CCC(C)=CCCC(C)CCOc1ccccc1O. The van der Waals surface area contributed by atoms with Crippen molar-refractivity contribution in [2.24, 2.45) is 5.92 Å². The van der Waals surface area contributed by atoms with Gasteiger partial charge in [-0.25, -0.2) is 0 Å². The lowest BCUT2D eigenvalue weighted by Gasteiger charge is -2.12. The molecule has 1 aromatic rings. The summed E-state index contributed by atoms with van der Waals surface area (Å²) in [7, 11) is 0. The van der Waals surface area contributed by atoms with E-state index in [1.807, 2.05) is 6.07 Å². The summed E-state index contributed by atoms with van der Waals surface area (Å²) in [5.74, 6) is 1.44. The van der Waals surface area contributed by atoms with Crippen LogP contribution >= 0.6 is 0 Å². The van der Waals surface area contributed by atoms with E-state index in [0.29, 0.717) is 18.3 Å². The zero-order valence-corrected chi connectivity index (χ0v) is 12.4. The molecule has 0 saturated carbocycles. The Kier molecular flexibility index (Phi) is 7.09. The minimum atomic E-state index is 0.219. The molecule has 0 fully saturated rings. The van der Waals surface area contributed by atoms with Gasteiger partial charge in [-0.2, -0.15) is 0 Å². The van der Waals surface area contributed by atoms with Crippen molar-refractivity contribution in [3.05, 3.63) is 35.9 Å². The van der Waals surface area contributed by atoms with Crippen LogP contribution in [0.1, 0.15) is 46.5 Å². The second kappa shape index (κ2) is 8.63. The minimum absolute atomic E-state index is 0.219. The van der Waals surface area contributed by atoms with Crippen LogP contribution in [-0.2, 0) is 0 Å². The van der Waals surface area contributed by atoms with E-state index in [2.05, 4.69) is 26.8 Å². The number of phenols is 1. The summed E-state index contributed by atoms with van der Waals surface area (Å²) in [4.78, 5) is 0. The second-order valence-electron chi connectivity index (χ2n) is 5.19. The Morgan fingerprint density at radius 1 is 1.32 bits per heavy atom. The van der Waals surface area contributed by atoms with Crippen LogP contribution in [0.25, 0.3) is 0 Å². The highest BCUT2D eigenvalue weighted by molar-refractivity contribution is 5.37. The molecule has 1 N–H and O–H groups in total. The van der Waals surface area contributed by atoms with Crippen LogP contribution in [0.3, 0.4) is 0 Å². The number of hydrogen-bond donors (Lipinski definition) is 1. The second-order valence-corrected chi connectivity index (χ2v) is 5.19. The van der Waals surface area contributed by atoms with Gasteiger partial charge < -0.3 is 9.84 Å². The first-order valence-corrected chi connectivity index (χ1v) is 7.20. The number of para-hydroxylation sites is 2. The van der Waals surface area contributed by atoms with E-state index in [1.54, 1.807) is 18.2 Å². The van der Waals surface area contributed by atoms with Crippen LogP contribution in [0.4, 0.5) is 0 Å². The summed E-state index contributed by atoms with van der Waals surface area (Å²) in [5, 5.41) is 9.57. The number of phenolic OH excluding ortho intramolecular Hbond substituents is 1. The maximum atomic E-state index is 9.57. The number of rotatable bonds is 8. The number of benzene rings is 1. The third-order valence-electron chi connectivity index (χ3n) is 3.44. The molecule has 0 heterocycles. The van der Waals surface area contributed by atoms with Gasteiger partial charge in [-0.05, 0) is 50.7 Å². The summed E-state index contributed by atoms with van der Waals surface area (Å²) in [5.41, 5.74) is 1.47. The maximum absolute atomic E-state index is 9.57.